The molecule has 0 saturated heterocycles. The standard InChI is InChI=1S/2C13H10O.2C13H12.4C12H11N/c1-9-6-7-13-11(8-9)10-4-2-3-5-12(10)14-13;1-9-6-7-11-10-4-2-3-5-12(10)14-13(11)8-9;1-11-6-5-9-13(10-11)12-7-3-2-4-8-12;1-11-7-9-13(10-8-11)12-5-3-2-4-6-12;1-10-5-4-6-11(9-10)12-7-2-3-8-13-12;1-10-5-7-11(8-6-10)12-4-2-3-9-13-12;1-10-6-5-9-12(13-10)11-7-3-2-4-8-11;1-10-7-8-12(13-9-10)11-5-3-2-4-6-11/h2*2-8H,1H3;2*2-10H,1H3;4*2-9H,1H3. The van der Waals surface area contributed by atoms with Gasteiger partial charge in [-0.3, -0.25) is 19.9 Å². The Morgan fingerprint density at radius 1 is 0.189 bits per heavy atom. The van der Waals surface area contributed by atoms with Crippen LogP contribution in [0.1, 0.15) is 44.6 Å². The van der Waals surface area contributed by atoms with Crippen molar-refractivity contribution in [1.82, 2.24) is 19.9 Å². The van der Waals surface area contributed by atoms with Crippen LogP contribution in [-0.4, -0.2) is 19.9 Å². The van der Waals surface area contributed by atoms with Gasteiger partial charge in [-0.25, -0.2) is 0 Å². The van der Waals surface area contributed by atoms with Crippen LogP contribution in [-0.2, 0) is 0 Å². The molecule has 12 aromatic carbocycles. The molecule has 6 heteroatoms. The fourth-order valence-corrected chi connectivity index (χ4v) is 11.7. The second-order valence-corrected chi connectivity index (χ2v) is 25.9. The quantitative estimate of drug-likeness (QED) is 0.165. The van der Waals surface area contributed by atoms with E-state index >= 15 is 0 Å². The summed E-state index contributed by atoms with van der Waals surface area (Å²) >= 11 is 0. The maximum absolute atomic E-state index is 5.73. The maximum atomic E-state index is 5.73. The second-order valence-electron chi connectivity index (χ2n) is 25.9. The molecule has 0 spiro atoms. The highest BCUT2D eigenvalue weighted by molar-refractivity contribution is 6.05. The minimum absolute atomic E-state index is 0.966. The third kappa shape index (κ3) is 21.9. The van der Waals surface area contributed by atoms with Crippen LogP contribution < -0.4 is 0 Å². The van der Waals surface area contributed by atoms with E-state index in [9.17, 15) is 0 Å². The number of fused-ring (bicyclic) bond motifs is 6. The molecule has 18 rings (SSSR count). The van der Waals surface area contributed by atoms with E-state index in [-0.39, 0.29) is 0 Å². The lowest BCUT2D eigenvalue weighted by Gasteiger charge is -2.01. The van der Waals surface area contributed by atoms with Crippen molar-refractivity contribution in [3.8, 4) is 67.3 Å². The monoisotopic (exact) mass is 1380 g/mol. The number of nitrogens with zero attached hydrogens (tertiary/aromatic N) is 4. The fraction of sp³-hybridized carbons (Fsp3) is 0.0800. The van der Waals surface area contributed by atoms with Gasteiger partial charge in [0.15, 0.2) is 0 Å². The summed E-state index contributed by atoms with van der Waals surface area (Å²) in [6.45, 7) is 16.6. The summed E-state index contributed by atoms with van der Waals surface area (Å²) in [6.07, 6.45) is 5.52. The van der Waals surface area contributed by atoms with Crippen LogP contribution in [0.15, 0.2) is 397 Å². The fourth-order valence-electron chi connectivity index (χ4n) is 11.7. The van der Waals surface area contributed by atoms with Gasteiger partial charge in [0.1, 0.15) is 22.3 Å². The number of hydrogen-bond donors (Lipinski definition) is 0. The minimum Gasteiger partial charge on any atom is -0.456 e. The number of benzene rings is 12. The topological polar surface area (TPSA) is 77.8 Å². The SMILES string of the molecule is Cc1ccc(-c2ccccc2)cc1.Cc1ccc(-c2ccccc2)nc1.Cc1ccc(-c2ccccn2)cc1.Cc1ccc2c(c1)oc1ccccc12.Cc1ccc2oc3ccccc3c2c1.Cc1cccc(-c2ccccc2)c1.Cc1cccc(-c2ccccc2)n1.Cc1cccc(-c2ccccn2)c1. The summed E-state index contributed by atoms with van der Waals surface area (Å²) < 4.78 is 11.4. The van der Waals surface area contributed by atoms with E-state index in [0.717, 1.165) is 50.8 Å². The zero-order chi connectivity index (χ0) is 73.7. The summed E-state index contributed by atoms with van der Waals surface area (Å²) in [7, 11) is 0. The molecule has 0 unspecified atom stereocenters. The average Bonchev–Trinajstić information content (AvgIpc) is 1.65. The highest BCUT2D eigenvalue weighted by Gasteiger charge is 2.08. The number of hydrogen-bond acceptors (Lipinski definition) is 6. The first-order chi connectivity index (χ1) is 51.8. The van der Waals surface area contributed by atoms with Crippen molar-refractivity contribution >= 4 is 43.9 Å². The molecule has 0 atom stereocenters. The van der Waals surface area contributed by atoms with Crippen LogP contribution in [0.2, 0.25) is 0 Å². The summed E-state index contributed by atoms with van der Waals surface area (Å²) in [5.41, 5.74) is 27.8. The van der Waals surface area contributed by atoms with Crippen LogP contribution in [0.4, 0.5) is 0 Å². The first kappa shape index (κ1) is 74.0. The van der Waals surface area contributed by atoms with Gasteiger partial charge >= 0.3 is 0 Å². The minimum atomic E-state index is 0.966. The number of aromatic nitrogens is 4. The number of pyridine rings is 4. The van der Waals surface area contributed by atoms with Gasteiger partial charge in [-0.15, -0.1) is 0 Å². The molecule has 6 aromatic heterocycles. The van der Waals surface area contributed by atoms with Crippen molar-refractivity contribution < 1.29 is 8.83 Å². The van der Waals surface area contributed by atoms with Crippen LogP contribution in [0.25, 0.3) is 111 Å². The van der Waals surface area contributed by atoms with E-state index in [2.05, 4.69) is 280 Å². The Morgan fingerprint density at radius 2 is 0.547 bits per heavy atom. The molecule has 0 aliphatic heterocycles. The molecular weight excluding hydrogens is 1290 g/mol. The lowest BCUT2D eigenvalue weighted by molar-refractivity contribution is 0.668. The predicted octanol–water partition coefficient (Wildman–Crippen LogP) is 27.3. The molecule has 0 radical (unpaired) electrons. The van der Waals surface area contributed by atoms with E-state index in [4.69, 9.17) is 8.83 Å². The van der Waals surface area contributed by atoms with Gasteiger partial charge in [0.05, 0.1) is 22.8 Å². The predicted molar refractivity (Wildman–Crippen MR) is 448 cm³/mol. The van der Waals surface area contributed by atoms with E-state index in [0.29, 0.717) is 0 Å². The highest BCUT2D eigenvalue weighted by Crippen LogP contribution is 2.31. The molecule has 0 amide bonds. The van der Waals surface area contributed by atoms with Crippen molar-refractivity contribution in [2.24, 2.45) is 0 Å². The zero-order valence-electron chi connectivity index (χ0n) is 61.6. The maximum Gasteiger partial charge on any atom is 0.135 e. The molecule has 0 aliphatic rings. The lowest BCUT2D eigenvalue weighted by Crippen LogP contribution is -1.84. The van der Waals surface area contributed by atoms with Crippen molar-refractivity contribution in [2.45, 2.75) is 55.4 Å². The van der Waals surface area contributed by atoms with Crippen LogP contribution in [0.5, 0.6) is 0 Å². The van der Waals surface area contributed by atoms with Gasteiger partial charge in [-0.05, 0) is 168 Å². The normalized spacial score (nSPS) is 10.3. The Kier molecular flexibility index (Phi) is 26.7. The highest BCUT2D eigenvalue weighted by atomic mass is 16.3. The molecule has 6 heterocycles. The molecule has 0 bridgehead atoms. The largest absolute Gasteiger partial charge is 0.456 e. The van der Waals surface area contributed by atoms with E-state index in [1.807, 2.05) is 184 Å². The average molecular weight is 1380 g/mol. The number of rotatable bonds is 6. The van der Waals surface area contributed by atoms with Gasteiger partial charge < -0.3 is 8.83 Å². The Morgan fingerprint density at radius 3 is 1.08 bits per heavy atom. The molecule has 0 N–H and O–H groups in total. The second kappa shape index (κ2) is 38.2. The van der Waals surface area contributed by atoms with Crippen molar-refractivity contribution in [2.75, 3.05) is 0 Å². The molecule has 520 valence electrons. The lowest BCUT2D eigenvalue weighted by atomic mass is 10.0. The van der Waals surface area contributed by atoms with Crippen LogP contribution >= 0.6 is 0 Å². The number of aryl methyl sites for hydroxylation is 8. The molecule has 0 aliphatic carbocycles. The number of para-hydroxylation sites is 2. The van der Waals surface area contributed by atoms with Gasteiger partial charge in [0.2, 0.25) is 0 Å². The summed E-state index contributed by atoms with van der Waals surface area (Å²) in [5.74, 6) is 0. The van der Waals surface area contributed by atoms with E-state index < -0.39 is 0 Å². The molecule has 6 nitrogen and oxygen atoms in total. The molecular formula is C100H88N4O2. The third-order valence-corrected chi connectivity index (χ3v) is 17.3. The summed E-state index contributed by atoms with van der Waals surface area (Å²) in [5, 5.41) is 4.81. The van der Waals surface area contributed by atoms with Crippen LogP contribution in [0.3, 0.4) is 0 Å². The summed E-state index contributed by atoms with van der Waals surface area (Å²) in [6, 6.07) is 126. The van der Waals surface area contributed by atoms with Gasteiger partial charge in [0, 0.05) is 68.1 Å². The number of furan rings is 2. The Bertz CT molecular complexity index is 5240. The third-order valence-electron chi connectivity index (χ3n) is 17.3. The van der Waals surface area contributed by atoms with Crippen molar-refractivity contribution in [1.29, 1.82) is 0 Å². The first-order valence-electron chi connectivity index (χ1n) is 35.8. The van der Waals surface area contributed by atoms with E-state index in [1.165, 1.54) is 105 Å². The van der Waals surface area contributed by atoms with Gasteiger partial charge in [-0.2, -0.15) is 0 Å². The first-order valence-corrected chi connectivity index (χ1v) is 35.8. The molecule has 0 fully saturated rings. The smallest absolute Gasteiger partial charge is 0.135 e. The van der Waals surface area contributed by atoms with Gasteiger partial charge in [-0.1, -0.05) is 319 Å². The Hall–Kier alpha value is -13.2. The molecule has 106 heavy (non-hydrogen) atoms. The Balaban J connectivity index is 0.000000121. The van der Waals surface area contributed by atoms with Crippen molar-refractivity contribution in [3.63, 3.8) is 0 Å². The van der Waals surface area contributed by atoms with E-state index in [1.54, 1.807) is 0 Å². The molecule has 0 saturated carbocycles. The van der Waals surface area contributed by atoms with Crippen molar-refractivity contribution in [3.05, 3.63) is 433 Å². The Labute approximate surface area is 624 Å². The summed E-state index contributed by atoms with van der Waals surface area (Å²) in [4.78, 5) is 17.4. The molecule has 18 aromatic rings. The van der Waals surface area contributed by atoms with Crippen LogP contribution in [0, 0.1) is 55.4 Å². The van der Waals surface area contributed by atoms with Gasteiger partial charge in [0.25, 0.3) is 0 Å². The zero-order valence-corrected chi connectivity index (χ0v) is 61.6.